The fourth-order valence-corrected chi connectivity index (χ4v) is 4.86. The highest BCUT2D eigenvalue weighted by atomic mass is 35.5. The molecule has 2 atom stereocenters. The van der Waals surface area contributed by atoms with Crippen molar-refractivity contribution in [1.29, 1.82) is 0 Å². The number of sulfone groups is 1. The van der Waals surface area contributed by atoms with Crippen molar-refractivity contribution in [3.05, 3.63) is 83.5 Å². The lowest BCUT2D eigenvalue weighted by Crippen LogP contribution is -2.54. The molecule has 2 heterocycles. The molecule has 0 amide bonds. The quantitative estimate of drug-likeness (QED) is 0.193. The third kappa shape index (κ3) is 6.79. The number of ether oxygens (including phenoxy) is 1. The molecule has 3 aromatic rings. The molecule has 10 nitrogen and oxygen atoms in total. The van der Waals surface area contributed by atoms with Gasteiger partial charge in [-0.15, -0.1) is 0 Å². The molecule has 0 spiro atoms. The second-order valence-electron chi connectivity index (χ2n) is 10.7. The first-order valence-corrected chi connectivity index (χ1v) is 14.5. The summed E-state index contributed by atoms with van der Waals surface area (Å²) in [7, 11) is -5.58. The Kier molecular flexibility index (Phi) is 8.77. The van der Waals surface area contributed by atoms with Gasteiger partial charge in [0, 0.05) is 24.4 Å². The molecule has 15 heteroatoms. The van der Waals surface area contributed by atoms with Crippen LogP contribution in [0.5, 0.6) is 11.6 Å². The molecular formula is C27H30ClF3N6O4S. The van der Waals surface area contributed by atoms with E-state index in [1.54, 1.807) is 36.4 Å². The first-order valence-electron chi connectivity index (χ1n) is 12.6. The van der Waals surface area contributed by atoms with E-state index in [0.29, 0.717) is 11.3 Å². The molecule has 226 valence electrons. The van der Waals surface area contributed by atoms with Gasteiger partial charge < -0.3 is 15.2 Å². The minimum Gasteiger partial charge on any atom is -0.439 e. The van der Waals surface area contributed by atoms with Crippen LogP contribution < -0.4 is 25.8 Å². The molecular weight excluding hydrogens is 597 g/mol. The van der Waals surface area contributed by atoms with Crippen LogP contribution in [0.4, 0.5) is 18.9 Å². The maximum Gasteiger partial charge on any atom is 0.501 e. The maximum absolute atomic E-state index is 13.2. The molecule has 4 N–H and O–H groups in total. The minimum atomic E-state index is -5.58. The van der Waals surface area contributed by atoms with E-state index in [1.165, 1.54) is 23.3 Å². The van der Waals surface area contributed by atoms with Crippen LogP contribution in [0.1, 0.15) is 33.3 Å². The number of aromatic nitrogens is 2. The van der Waals surface area contributed by atoms with Crippen LogP contribution in [0.15, 0.2) is 77.6 Å². The number of anilines is 1. The van der Waals surface area contributed by atoms with Crippen LogP contribution >= 0.6 is 11.6 Å². The molecule has 1 aromatic heterocycles. The number of aliphatic hydroxyl groups is 1. The normalized spacial score (nSPS) is 18.5. The number of para-hydroxylation sites is 1. The number of hydrogen-bond acceptors (Lipinski definition) is 10. The smallest absolute Gasteiger partial charge is 0.439 e. The van der Waals surface area contributed by atoms with Gasteiger partial charge in [0.05, 0.1) is 16.1 Å². The zero-order valence-electron chi connectivity index (χ0n) is 23.1. The largest absolute Gasteiger partial charge is 0.501 e. The van der Waals surface area contributed by atoms with E-state index in [-0.39, 0.29) is 29.2 Å². The predicted molar refractivity (Wildman–Crippen MR) is 151 cm³/mol. The van der Waals surface area contributed by atoms with Crippen molar-refractivity contribution < 1.29 is 31.4 Å². The summed E-state index contributed by atoms with van der Waals surface area (Å²) >= 11 is 5.84. The Morgan fingerprint density at radius 2 is 1.86 bits per heavy atom. The van der Waals surface area contributed by atoms with Gasteiger partial charge in [-0.2, -0.15) is 18.2 Å². The minimum absolute atomic E-state index is 0.0227. The standard InChI is InChI=1S/C27H30ClF3N6O4S/c1-25(2,3)26(4)15-21(37(36-26)18-9-7-10-19(14-18)42(39,40)27(29,30)31)34-24(38)33-16-17-8-5-6-11-20(17)41-22-12-13-32-23(28)35-22/h5-15,24,33-34,36,38H,16H2,1-4H3. The van der Waals surface area contributed by atoms with E-state index < -0.39 is 37.5 Å². The summed E-state index contributed by atoms with van der Waals surface area (Å²) in [6, 6.07) is 13.1. The lowest BCUT2D eigenvalue weighted by molar-refractivity contribution is -0.0436. The Morgan fingerprint density at radius 1 is 1.14 bits per heavy atom. The van der Waals surface area contributed by atoms with Crippen molar-refractivity contribution in [2.24, 2.45) is 5.41 Å². The summed E-state index contributed by atoms with van der Waals surface area (Å²) in [6.45, 7) is 7.88. The first kappa shape index (κ1) is 31.5. The molecule has 0 fully saturated rings. The summed E-state index contributed by atoms with van der Waals surface area (Å²) in [6.07, 6.45) is 1.89. The summed E-state index contributed by atoms with van der Waals surface area (Å²) in [5, 5.41) is 18.1. The zero-order chi connectivity index (χ0) is 30.9. The second-order valence-corrected chi connectivity index (χ2v) is 13.0. The van der Waals surface area contributed by atoms with Crippen LogP contribution in [0, 0.1) is 5.41 Å². The fourth-order valence-electron chi connectivity index (χ4n) is 3.92. The molecule has 4 rings (SSSR count). The van der Waals surface area contributed by atoms with Crippen LogP contribution in [0.3, 0.4) is 0 Å². The number of halogens is 4. The predicted octanol–water partition coefficient (Wildman–Crippen LogP) is 4.84. The summed E-state index contributed by atoms with van der Waals surface area (Å²) in [5.74, 6) is 0.975. The molecule has 2 unspecified atom stereocenters. The molecule has 1 aliphatic heterocycles. The zero-order valence-corrected chi connectivity index (χ0v) is 24.6. The Labute approximate surface area is 246 Å². The molecule has 2 aromatic carbocycles. The van der Waals surface area contributed by atoms with Gasteiger partial charge in [0.2, 0.25) is 11.2 Å². The first-order chi connectivity index (χ1) is 19.5. The van der Waals surface area contributed by atoms with Crippen molar-refractivity contribution in [2.75, 3.05) is 5.01 Å². The van der Waals surface area contributed by atoms with E-state index in [9.17, 15) is 26.7 Å². The lowest BCUT2D eigenvalue weighted by atomic mass is 9.76. The van der Waals surface area contributed by atoms with Gasteiger partial charge in [-0.25, -0.2) is 18.8 Å². The van der Waals surface area contributed by atoms with Crippen molar-refractivity contribution >= 4 is 27.1 Å². The maximum atomic E-state index is 13.2. The Bertz CT molecular complexity index is 1580. The number of alkyl halides is 3. The van der Waals surface area contributed by atoms with Gasteiger partial charge in [-0.1, -0.05) is 45.0 Å². The van der Waals surface area contributed by atoms with Crippen LogP contribution in [-0.4, -0.2) is 40.9 Å². The average Bonchev–Trinajstić information content (AvgIpc) is 3.25. The van der Waals surface area contributed by atoms with Crippen molar-refractivity contribution in [2.45, 2.75) is 56.5 Å². The molecule has 1 aliphatic rings. The number of hydrogen-bond donors (Lipinski definition) is 4. The molecule has 0 saturated heterocycles. The van der Waals surface area contributed by atoms with Crippen molar-refractivity contribution in [1.82, 2.24) is 26.0 Å². The van der Waals surface area contributed by atoms with Gasteiger partial charge in [0.25, 0.3) is 9.84 Å². The monoisotopic (exact) mass is 626 g/mol. The Balaban J connectivity index is 1.55. The van der Waals surface area contributed by atoms with E-state index in [4.69, 9.17) is 16.3 Å². The summed E-state index contributed by atoms with van der Waals surface area (Å²) in [5.41, 5.74) is -2.58. The van der Waals surface area contributed by atoms with Crippen molar-refractivity contribution in [3.63, 3.8) is 0 Å². The van der Waals surface area contributed by atoms with Crippen LogP contribution in [0.25, 0.3) is 0 Å². The van der Waals surface area contributed by atoms with E-state index in [1.807, 2.05) is 27.7 Å². The highest BCUT2D eigenvalue weighted by Gasteiger charge is 2.47. The van der Waals surface area contributed by atoms with Gasteiger partial charge in [0.1, 0.15) is 11.6 Å². The van der Waals surface area contributed by atoms with Crippen LogP contribution in [-0.2, 0) is 16.4 Å². The molecule has 0 saturated carbocycles. The molecule has 0 aliphatic carbocycles. The summed E-state index contributed by atoms with van der Waals surface area (Å²) < 4.78 is 69.7. The topological polar surface area (TPSA) is 129 Å². The lowest BCUT2D eigenvalue weighted by Gasteiger charge is -2.39. The van der Waals surface area contributed by atoms with E-state index in [2.05, 4.69) is 26.0 Å². The number of nitrogens with one attached hydrogen (secondary N) is 3. The van der Waals surface area contributed by atoms with E-state index >= 15 is 0 Å². The average molecular weight is 627 g/mol. The van der Waals surface area contributed by atoms with Gasteiger partial charge >= 0.3 is 5.51 Å². The highest BCUT2D eigenvalue weighted by Crippen LogP contribution is 2.39. The van der Waals surface area contributed by atoms with Gasteiger partial charge in [-0.3, -0.25) is 10.3 Å². The SMILES string of the molecule is CC(C)(C)C1(C)C=C(NC(O)NCc2ccccc2Oc2ccnc(Cl)n2)N(c2cccc(S(=O)(=O)C(F)(F)F)c2)N1. The fraction of sp³-hybridized carbons (Fsp3) is 0.333. The van der Waals surface area contributed by atoms with E-state index in [0.717, 1.165) is 12.1 Å². The number of nitrogens with zero attached hydrogens (tertiary/aromatic N) is 3. The number of hydrazine groups is 1. The third-order valence-electron chi connectivity index (χ3n) is 6.82. The molecule has 0 radical (unpaired) electrons. The van der Waals surface area contributed by atoms with Gasteiger partial charge in [0.15, 0.2) is 6.35 Å². The van der Waals surface area contributed by atoms with Gasteiger partial charge in [-0.05, 0) is 54.3 Å². The number of rotatable bonds is 9. The van der Waals surface area contributed by atoms with Crippen LogP contribution in [0.2, 0.25) is 5.28 Å². The highest BCUT2D eigenvalue weighted by molar-refractivity contribution is 7.92. The number of benzene rings is 2. The molecule has 42 heavy (non-hydrogen) atoms. The Hall–Kier alpha value is -3.43. The molecule has 0 bridgehead atoms. The summed E-state index contributed by atoms with van der Waals surface area (Å²) in [4.78, 5) is 6.92. The Morgan fingerprint density at radius 3 is 2.52 bits per heavy atom. The second kappa shape index (κ2) is 11.7. The third-order valence-corrected chi connectivity index (χ3v) is 8.48. The number of aliphatic hydroxyl groups excluding tert-OH is 1. The van der Waals surface area contributed by atoms with Crippen molar-refractivity contribution in [3.8, 4) is 11.6 Å².